The highest BCUT2D eigenvalue weighted by Gasteiger charge is 2.34. The Hall–Kier alpha value is -2.81. The Balaban J connectivity index is 2.23. The number of aromatic amines is 1. The monoisotopic (exact) mass is 370 g/mol. The largest absolute Gasteiger partial charge is 0.495 e. The van der Waals surface area contributed by atoms with Crippen LogP contribution in [-0.2, 0) is 6.18 Å². The predicted molar refractivity (Wildman–Crippen MR) is 84.0 cm³/mol. The van der Waals surface area contributed by atoms with Gasteiger partial charge in [0.15, 0.2) is 5.69 Å². The van der Waals surface area contributed by atoms with Gasteiger partial charge in [0, 0.05) is 28.4 Å². The minimum Gasteiger partial charge on any atom is -0.495 e. The third kappa shape index (κ3) is 3.36. The van der Waals surface area contributed by atoms with Crippen LogP contribution in [0.1, 0.15) is 5.69 Å². The summed E-state index contributed by atoms with van der Waals surface area (Å²) in [6, 6.07) is 5.74. The normalized spacial score (nSPS) is 11.6. The summed E-state index contributed by atoms with van der Waals surface area (Å²) in [6.07, 6.45) is -2.51. The number of halogens is 4. The lowest BCUT2D eigenvalue weighted by Gasteiger charge is -2.13. The molecule has 0 atom stereocenters. The third-order valence-corrected chi connectivity index (χ3v) is 3.62. The van der Waals surface area contributed by atoms with Gasteiger partial charge in [-0.3, -0.25) is 4.79 Å². The number of rotatable bonds is 3. The number of hydrogen-bond donors (Lipinski definition) is 1. The highest BCUT2D eigenvalue weighted by atomic mass is 35.5. The summed E-state index contributed by atoms with van der Waals surface area (Å²) in [6.45, 7) is 0. The summed E-state index contributed by atoms with van der Waals surface area (Å²) in [4.78, 5) is 14.1. The minimum atomic E-state index is -4.62. The van der Waals surface area contributed by atoms with Crippen molar-refractivity contribution in [2.45, 2.75) is 6.18 Å². The number of nitrogens with zero attached hydrogens (tertiary/aromatic N) is 3. The maximum Gasteiger partial charge on any atom is 0.436 e. The summed E-state index contributed by atoms with van der Waals surface area (Å²) in [5, 5.41) is 6.99. The molecule has 130 valence electrons. The van der Waals surface area contributed by atoms with Gasteiger partial charge in [-0.2, -0.15) is 13.2 Å². The van der Waals surface area contributed by atoms with Crippen molar-refractivity contribution >= 4 is 11.6 Å². The zero-order valence-electron chi connectivity index (χ0n) is 12.6. The lowest BCUT2D eigenvalue weighted by Crippen LogP contribution is -2.06. The molecule has 2 heterocycles. The fraction of sp³-hybridized carbons (Fsp3) is 0.133. The summed E-state index contributed by atoms with van der Waals surface area (Å²) in [5.41, 5.74) is -0.555. The van der Waals surface area contributed by atoms with E-state index in [9.17, 15) is 18.0 Å². The molecule has 1 aromatic carbocycles. The first-order valence-electron chi connectivity index (χ1n) is 6.86. The molecule has 3 rings (SSSR count). The summed E-state index contributed by atoms with van der Waals surface area (Å²) in [7, 11) is 1.40. The van der Waals surface area contributed by atoms with Crippen LogP contribution in [0.15, 0.2) is 41.5 Å². The summed E-state index contributed by atoms with van der Waals surface area (Å²) < 4.78 is 44.5. The van der Waals surface area contributed by atoms with E-state index in [-0.39, 0.29) is 5.69 Å². The van der Waals surface area contributed by atoms with Crippen molar-refractivity contribution in [1.82, 2.24) is 20.0 Å². The van der Waals surface area contributed by atoms with Crippen LogP contribution in [0, 0.1) is 0 Å². The molecule has 2 aromatic heterocycles. The van der Waals surface area contributed by atoms with Gasteiger partial charge in [-0.05, 0) is 18.2 Å². The van der Waals surface area contributed by atoms with E-state index in [1.165, 1.54) is 37.6 Å². The van der Waals surface area contributed by atoms with E-state index in [2.05, 4.69) is 15.3 Å². The van der Waals surface area contributed by atoms with Gasteiger partial charge in [-0.15, -0.1) is 5.10 Å². The molecular formula is C15H10ClF3N4O2. The molecule has 3 aromatic rings. The van der Waals surface area contributed by atoms with Crippen molar-refractivity contribution in [3.05, 3.63) is 57.7 Å². The molecule has 0 saturated heterocycles. The molecule has 1 N–H and O–H groups in total. The Kier molecular flexibility index (Phi) is 4.25. The first-order valence-corrected chi connectivity index (χ1v) is 7.24. The van der Waals surface area contributed by atoms with Gasteiger partial charge in [0.05, 0.1) is 19.0 Å². The first kappa shape index (κ1) is 17.0. The van der Waals surface area contributed by atoms with Gasteiger partial charge in [0.25, 0.3) is 0 Å². The van der Waals surface area contributed by atoms with Crippen LogP contribution in [0.25, 0.3) is 16.8 Å². The van der Waals surface area contributed by atoms with Gasteiger partial charge in [-0.25, -0.2) is 4.68 Å². The zero-order chi connectivity index (χ0) is 18.2. The molecule has 0 aliphatic heterocycles. The van der Waals surface area contributed by atoms with Crippen LogP contribution < -0.4 is 10.3 Å². The van der Waals surface area contributed by atoms with E-state index < -0.39 is 17.4 Å². The van der Waals surface area contributed by atoms with Crippen molar-refractivity contribution < 1.29 is 17.9 Å². The Morgan fingerprint density at radius 2 is 2.00 bits per heavy atom. The molecule has 0 aliphatic carbocycles. The van der Waals surface area contributed by atoms with E-state index in [1.54, 1.807) is 0 Å². The van der Waals surface area contributed by atoms with Crippen LogP contribution >= 0.6 is 11.6 Å². The molecule has 0 unspecified atom stereocenters. The SMILES string of the molecule is COc1c[nH]c(=O)cc1-c1cc(Cl)ccc1-n1cc(C(F)(F)F)nn1. The molecule has 0 bridgehead atoms. The van der Waals surface area contributed by atoms with Crippen molar-refractivity contribution in [1.29, 1.82) is 0 Å². The second-order valence-corrected chi connectivity index (χ2v) is 5.42. The van der Waals surface area contributed by atoms with Gasteiger partial charge < -0.3 is 9.72 Å². The van der Waals surface area contributed by atoms with Crippen molar-refractivity contribution in [2.24, 2.45) is 0 Å². The first-order chi connectivity index (χ1) is 11.8. The van der Waals surface area contributed by atoms with E-state index in [0.717, 1.165) is 10.9 Å². The number of pyridine rings is 1. The molecule has 0 amide bonds. The van der Waals surface area contributed by atoms with Crippen LogP contribution in [-0.4, -0.2) is 27.1 Å². The molecule has 0 aliphatic rings. The Bertz CT molecular complexity index is 981. The second-order valence-electron chi connectivity index (χ2n) is 4.99. The maximum atomic E-state index is 12.8. The van der Waals surface area contributed by atoms with Crippen molar-refractivity contribution in [3.8, 4) is 22.6 Å². The minimum absolute atomic E-state index is 0.260. The van der Waals surface area contributed by atoms with Crippen LogP contribution in [0.5, 0.6) is 5.75 Å². The number of alkyl halides is 3. The van der Waals surface area contributed by atoms with E-state index >= 15 is 0 Å². The molecule has 0 spiro atoms. The average Bonchev–Trinajstić information content (AvgIpc) is 3.05. The van der Waals surface area contributed by atoms with Crippen LogP contribution in [0.2, 0.25) is 5.02 Å². The van der Waals surface area contributed by atoms with E-state index in [0.29, 0.717) is 21.9 Å². The fourth-order valence-electron chi connectivity index (χ4n) is 2.27. The number of benzene rings is 1. The van der Waals surface area contributed by atoms with Gasteiger partial charge in [0.1, 0.15) is 5.75 Å². The molecular weight excluding hydrogens is 361 g/mol. The predicted octanol–water partition coefficient (Wildman–Crippen LogP) is 3.30. The second kappa shape index (κ2) is 6.25. The van der Waals surface area contributed by atoms with Crippen molar-refractivity contribution in [2.75, 3.05) is 7.11 Å². The molecule has 6 nitrogen and oxygen atoms in total. The number of ether oxygens (including phenoxy) is 1. The number of nitrogens with one attached hydrogen (secondary N) is 1. The molecule has 0 fully saturated rings. The van der Waals surface area contributed by atoms with Crippen molar-refractivity contribution in [3.63, 3.8) is 0 Å². The van der Waals surface area contributed by atoms with E-state index in [1.807, 2.05) is 0 Å². The lowest BCUT2D eigenvalue weighted by atomic mass is 10.0. The number of aromatic nitrogens is 4. The highest BCUT2D eigenvalue weighted by Crippen LogP contribution is 2.35. The third-order valence-electron chi connectivity index (χ3n) is 3.39. The maximum absolute atomic E-state index is 12.8. The number of H-pyrrole nitrogens is 1. The molecule has 10 heteroatoms. The Labute approximate surface area is 143 Å². The zero-order valence-corrected chi connectivity index (χ0v) is 13.4. The quantitative estimate of drug-likeness (QED) is 0.767. The summed E-state index contributed by atoms with van der Waals surface area (Å²) >= 11 is 6.02. The molecule has 0 saturated carbocycles. The number of hydrogen-bond acceptors (Lipinski definition) is 4. The van der Waals surface area contributed by atoms with Gasteiger partial charge in [0.2, 0.25) is 5.56 Å². The van der Waals surface area contributed by atoms with Gasteiger partial charge >= 0.3 is 6.18 Å². The van der Waals surface area contributed by atoms with Gasteiger partial charge in [-0.1, -0.05) is 16.8 Å². The fourth-order valence-corrected chi connectivity index (χ4v) is 2.44. The lowest BCUT2D eigenvalue weighted by molar-refractivity contribution is -0.141. The standard InChI is InChI=1S/C15H10ClF3N4O2/c1-25-12-6-20-14(24)5-10(12)9-4-8(16)2-3-11(9)23-7-13(21-22-23)15(17,18)19/h2-7H,1H3,(H,20,24). The summed E-state index contributed by atoms with van der Waals surface area (Å²) in [5.74, 6) is 0.319. The van der Waals surface area contributed by atoms with Crippen LogP contribution in [0.3, 0.4) is 0 Å². The molecule has 25 heavy (non-hydrogen) atoms. The molecule has 0 radical (unpaired) electrons. The number of methoxy groups -OCH3 is 1. The average molecular weight is 371 g/mol. The van der Waals surface area contributed by atoms with Crippen LogP contribution in [0.4, 0.5) is 13.2 Å². The topological polar surface area (TPSA) is 72.8 Å². The highest BCUT2D eigenvalue weighted by molar-refractivity contribution is 6.31. The Morgan fingerprint density at radius 3 is 2.64 bits per heavy atom. The smallest absolute Gasteiger partial charge is 0.436 e. The Morgan fingerprint density at radius 1 is 1.24 bits per heavy atom. The van der Waals surface area contributed by atoms with E-state index in [4.69, 9.17) is 16.3 Å².